The Bertz CT molecular complexity index is 1110. The number of benzene rings is 3. The van der Waals surface area contributed by atoms with Gasteiger partial charge in [-0.3, -0.25) is 10.2 Å². The van der Waals surface area contributed by atoms with Gasteiger partial charge in [-0.15, -0.1) is 0 Å². The third-order valence-electron chi connectivity index (χ3n) is 4.92. The molecule has 5 rings (SSSR count). The van der Waals surface area contributed by atoms with Crippen LogP contribution in [0.5, 0.6) is 0 Å². The SMILES string of the molecule is O=C1Cc2ccccc2/C1=C1/Nc2ccccc2/C1=N\Nc1ccccc1. The van der Waals surface area contributed by atoms with Crippen molar-refractivity contribution >= 4 is 28.4 Å². The Labute approximate surface area is 157 Å². The van der Waals surface area contributed by atoms with Crippen molar-refractivity contribution in [3.63, 3.8) is 0 Å². The standard InChI is InChI=1S/C23H17N3O/c27-20-14-15-8-4-5-11-17(15)21(20)23-22(18-12-6-7-13-19(18)24-23)26-25-16-9-2-1-3-10-16/h1-13,24-25H,14H2/b23-21-,26-22+. The summed E-state index contributed by atoms with van der Waals surface area (Å²) in [5.41, 5.74) is 10.3. The van der Waals surface area contributed by atoms with Crippen LogP contribution < -0.4 is 10.7 Å². The highest BCUT2D eigenvalue weighted by atomic mass is 16.1. The molecule has 0 aromatic heterocycles. The Balaban J connectivity index is 1.67. The number of allylic oxidation sites excluding steroid dienone is 2. The van der Waals surface area contributed by atoms with Gasteiger partial charge in [-0.25, -0.2) is 0 Å². The van der Waals surface area contributed by atoms with Crippen LogP contribution in [0, 0.1) is 0 Å². The van der Waals surface area contributed by atoms with E-state index in [0.29, 0.717) is 6.42 Å². The number of carbonyl (C=O) groups is 1. The zero-order valence-corrected chi connectivity index (χ0v) is 14.6. The number of Topliss-reactive ketones (excluding diaryl/α,β-unsaturated/α-hetero) is 1. The molecule has 1 aliphatic carbocycles. The quantitative estimate of drug-likeness (QED) is 0.529. The van der Waals surface area contributed by atoms with Crippen LogP contribution in [-0.2, 0) is 11.2 Å². The first-order valence-corrected chi connectivity index (χ1v) is 8.92. The number of hydrogen-bond acceptors (Lipinski definition) is 4. The third-order valence-corrected chi connectivity index (χ3v) is 4.92. The summed E-state index contributed by atoms with van der Waals surface area (Å²) < 4.78 is 0. The normalized spacial score (nSPS) is 19.0. The molecule has 0 radical (unpaired) electrons. The van der Waals surface area contributed by atoms with E-state index in [9.17, 15) is 4.79 Å². The second-order valence-corrected chi connectivity index (χ2v) is 6.62. The monoisotopic (exact) mass is 351 g/mol. The van der Waals surface area contributed by atoms with Crippen molar-refractivity contribution in [2.75, 3.05) is 10.7 Å². The van der Waals surface area contributed by atoms with E-state index in [1.807, 2.05) is 78.9 Å². The summed E-state index contributed by atoms with van der Waals surface area (Å²) in [4.78, 5) is 12.8. The molecule has 4 heteroatoms. The Kier molecular flexibility index (Phi) is 3.61. The lowest BCUT2D eigenvalue weighted by atomic mass is 10.0. The molecule has 3 aromatic rings. The summed E-state index contributed by atoms with van der Waals surface area (Å²) in [5, 5.41) is 8.08. The van der Waals surface area contributed by atoms with E-state index in [4.69, 9.17) is 0 Å². The topological polar surface area (TPSA) is 53.5 Å². The second kappa shape index (κ2) is 6.25. The van der Waals surface area contributed by atoms with Gasteiger partial charge in [0.05, 0.1) is 17.0 Å². The molecule has 0 unspecified atom stereocenters. The minimum atomic E-state index is 0.124. The highest BCUT2D eigenvalue weighted by molar-refractivity contribution is 6.36. The zero-order valence-electron chi connectivity index (χ0n) is 14.6. The van der Waals surface area contributed by atoms with Gasteiger partial charge in [0, 0.05) is 17.7 Å². The van der Waals surface area contributed by atoms with E-state index >= 15 is 0 Å². The van der Waals surface area contributed by atoms with Crippen molar-refractivity contribution in [1.29, 1.82) is 0 Å². The van der Waals surface area contributed by atoms with Crippen molar-refractivity contribution in [1.82, 2.24) is 0 Å². The molecule has 1 aliphatic heterocycles. The number of carbonyl (C=O) groups excluding carboxylic acids is 1. The maximum Gasteiger partial charge on any atom is 0.170 e. The Hall–Kier alpha value is -3.66. The Morgan fingerprint density at radius 2 is 1.52 bits per heavy atom. The maximum absolute atomic E-state index is 12.8. The largest absolute Gasteiger partial charge is 0.353 e. The van der Waals surface area contributed by atoms with Gasteiger partial charge in [0.1, 0.15) is 5.71 Å². The number of ketones is 1. The molecule has 0 atom stereocenters. The smallest absolute Gasteiger partial charge is 0.170 e. The highest BCUT2D eigenvalue weighted by Crippen LogP contribution is 2.38. The predicted molar refractivity (Wildman–Crippen MR) is 109 cm³/mol. The molecule has 4 nitrogen and oxygen atoms in total. The summed E-state index contributed by atoms with van der Waals surface area (Å²) in [7, 11) is 0. The number of hydrazone groups is 1. The summed E-state index contributed by atoms with van der Waals surface area (Å²) in [6, 6.07) is 25.8. The summed E-state index contributed by atoms with van der Waals surface area (Å²) >= 11 is 0. The van der Waals surface area contributed by atoms with E-state index in [0.717, 1.165) is 45.0 Å². The van der Waals surface area contributed by atoms with Gasteiger partial charge in [0.15, 0.2) is 5.78 Å². The van der Waals surface area contributed by atoms with Crippen LogP contribution >= 0.6 is 0 Å². The number of rotatable bonds is 2. The first-order valence-electron chi connectivity index (χ1n) is 8.92. The van der Waals surface area contributed by atoms with Crippen molar-refractivity contribution < 1.29 is 4.79 Å². The lowest BCUT2D eigenvalue weighted by Gasteiger charge is -2.08. The molecular formula is C23H17N3O. The molecule has 27 heavy (non-hydrogen) atoms. The molecule has 0 amide bonds. The van der Waals surface area contributed by atoms with E-state index in [1.165, 1.54) is 0 Å². The molecule has 1 heterocycles. The lowest BCUT2D eigenvalue weighted by Crippen LogP contribution is -2.11. The van der Waals surface area contributed by atoms with E-state index < -0.39 is 0 Å². The van der Waals surface area contributed by atoms with E-state index in [2.05, 4.69) is 15.8 Å². The number of anilines is 2. The summed E-state index contributed by atoms with van der Waals surface area (Å²) in [5.74, 6) is 0.124. The van der Waals surface area contributed by atoms with Gasteiger partial charge < -0.3 is 5.32 Å². The zero-order chi connectivity index (χ0) is 18.2. The fraction of sp³-hybridized carbons (Fsp3) is 0.0435. The first-order chi connectivity index (χ1) is 13.3. The average Bonchev–Trinajstić information content (AvgIpc) is 3.23. The van der Waals surface area contributed by atoms with Crippen LogP contribution in [0.25, 0.3) is 5.57 Å². The molecule has 0 fully saturated rings. The lowest BCUT2D eigenvalue weighted by molar-refractivity contribution is -0.112. The molecule has 130 valence electrons. The third kappa shape index (κ3) is 2.62. The molecule has 0 saturated carbocycles. The molecule has 0 spiro atoms. The minimum absolute atomic E-state index is 0.124. The van der Waals surface area contributed by atoms with Crippen LogP contribution in [0.15, 0.2) is 89.7 Å². The van der Waals surface area contributed by atoms with Crippen LogP contribution in [0.1, 0.15) is 16.7 Å². The van der Waals surface area contributed by atoms with Gasteiger partial charge in [-0.1, -0.05) is 60.7 Å². The van der Waals surface area contributed by atoms with Gasteiger partial charge >= 0.3 is 0 Å². The van der Waals surface area contributed by atoms with Crippen molar-refractivity contribution in [3.8, 4) is 0 Å². The molecular weight excluding hydrogens is 334 g/mol. The summed E-state index contributed by atoms with van der Waals surface area (Å²) in [6.45, 7) is 0. The van der Waals surface area contributed by atoms with Crippen LogP contribution in [0.4, 0.5) is 11.4 Å². The fourth-order valence-corrected chi connectivity index (χ4v) is 3.66. The van der Waals surface area contributed by atoms with Crippen LogP contribution in [0.2, 0.25) is 0 Å². The van der Waals surface area contributed by atoms with Gasteiger partial charge in [-0.05, 0) is 29.3 Å². The van der Waals surface area contributed by atoms with Crippen molar-refractivity contribution in [2.45, 2.75) is 6.42 Å². The molecule has 0 bridgehead atoms. The molecule has 2 N–H and O–H groups in total. The number of fused-ring (bicyclic) bond motifs is 2. The Morgan fingerprint density at radius 1 is 0.815 bits per heavy atom. The second-order valence-electron chi connectivity index (χ2n) is 6.62. The van der Waals surface area contributed by atoms with Gasteiger partial charge in [0.25, 0.3) is 0 Å². The van der Waals surface area contributed by atoms with Crippen LogP contribution in [-0.4, -0.2) is 11.5 Å². The summed E-state index contributed by atoms with van der Waals surface area (Å²) in [6.07, 6.45) is 0.437. The highest BCUT2D eigenvalue weighted by Gasteiger charge is 2.33. The van der Waals surface area contributed by atoms with E-state index in [-0.39, 0.29) is 5.78 Å². The number of hydrogen-bond donors (Lipinski definition) is 2. The van der Waals surface area contributed by atoms with E-state index in [1.54, 1.807) is 0 Å². The number of para-hydroxylation sites is 2. The predicted octanol–water partition coefficient (Wildman–Crippen LogP) is 4.46. The van der Waals surface area contributed by atoms with Crippen LogP contribution in [0.3, 0.4) is 0 Å². The number of nitrogens with one attached hydrogen (secondary N) is 2. The average molecular weight is 351 g/mol. The molecule has 3 aromatic carbocycles. The fourth-order valence-electron chi connectivity index (χ4n) is 3.66. The molecule has 2 aliphatic rings. The maximum atomic E-state index is 12.8. The van der Waals surface area contributed by atoms with Gasteiger partial charge in [0.2, 0.25) is 0 Å². The minimum Gasteiger partial charge on any atom is -0.353 e. The molecule has 0 saturated heterocycles. The van der Waals surface area contributed by atoms with Crippen molar-refractivity contribution in [2.24, 2.45) is 5.10 Å². The Morgan fingerprint density at radius 3 is 2.37 bits per heavy atom. The first kappa shape index (κ1) is 15.6. The van der Waals surface area contributed by atoms with Gasteiger partial charge in [-0.2, -0.15) is 5.10 Å². The van der Waals surface area contributed by atoms with Crippen molar-refractivity contribution in [3.05, 3.63) is 101 Å². The number of nitrogens with zero attached hydrogens (tertiary/aromatic N) is 1.